The van der Waals surface area contributed by atoms with Crippen molar-refractivity contribution in [3.05, 3.63) is 0 Å². The van der Waals surface area contributed by atoms with E-state index in [1.165, 1.54) is 57.8 Å². The first kappa shape index (κ1) is 27.4. The van der Waals surface area contributed by atoms with Crippen LogP contribution in [0, 0.1) is 5.92 Å². The van der Waals surface area contributed by atoms with Crippen molar-refractivity contribution >= 4 is 17.9 Å². The Hall–Kier alpha value is -1.63. The number of rotatable bonds is 20. The molecule has 0 saturated heterocycles. The van der Waals surface area contributed by atoms with Crippen molar-refractivity contribution in [3.8, 4) is 0 Å². The molecule has 0 aliphatic carbocycles. The van der Waals surface area contributed by atoms with Crippen molar-refractivity contribution in [2.45, 2.75) is 115 Å². The van der Waals surface area contributed by atoms with Gasteiger partial charge in [-0.25, -0.2) is 4.79 Å². The van der Waals surface area contributed by atoms with Gasteiger partial charge in [0.15, 0.2) is 5.60 Å². The molecule has 0 amide bonds. The lowest BCUT2D eigenvalue weighted by molar-refractivity contribution is -0.179. The first-order valence-electron chi connectivity index (χ1n) is 11.2. The van der Waals surface area contributed by atoms with Crippen LogP contribution >= 0.6 is 0 Å². The van der Waals surface area contributed by atoms with Crippen molar-refractivity contribution < 1.29 is 34.8 Å². The first-order chi connectivity index (χ1) is 13.8. The molecule has 0 bridgehead atoms. The summed E-state index contributed by atoms with van der Waals surface area (Å²) in [7, 11) is 0. The van der Waals surface area contributed by atoms with Crippen LogP contribution in [0.2, 0.25) is 0 Å². The number of carboxylic acid groups (broad SMARTS) is 3. The summed E-state index contributed by atoms with van der Waals surface area (Å²) in [5.74, 6) is -6.46. The third-order valence-corrected chi connectivity index (χ3v) is 5.51. The summed E-state index contributed by atoms with van der Waals surface area (Å²) in [5.41, 5.74) is -2.78. The average Bonchev–Trinajstić information content (AvgIpc) is 2.63. The first-order valence-corrected chi connectivity index (χ1v) is 11.2. The third kappa shape index (κ3) is 12.5. The highest BCUT2D eigenvalue weighted by molar-refractivity contribution is 5.89. The van der Waals surface area contributed by atoms with Crippen LogP contribution < -0.4 is 0 Å². The van der Waals surface area contributed by atoms with Gasteiger partial charge in [-0.05, 0) is 6.42 Å². The Morgan fingerprint density at radius 1 is 0.690 bits per heavy atom. The van der Waals surface area contributed by atoms with E-state index in [1.54, 1.807) is 0 Å². The Morgan fingerprint density at radius 2 is 1.07 bits per heavy atom. The average molecular weight is 417 g/mol. The van der Waals surface area contributed by atoms with Crippen molar-refractivity contribution in [1.82, 2.24) is 0 Å². The molecule has 0 spiro atoms. The fourth-order valence-electron chi connectivity index (χ4n) is 3.69. The predicted octanol–water partition coefficient (Wildman–Crippen LogP) is 4.85. The van der Waals surface area contributed by atoms with Crippen LogP contribution in [-0.4, -0.2) is 43.9 Å². The zero-order valence-electron chi connectivity index (χ0n) is 17.9. The van der Waals surface area contributed by atoms with Crippen LogP contribution in [0.3, 0.4) is 0 Å². The maximum atomic E-state index is 11.4. The summed E-state index contributed by atoms with van der Waals surface area (Å²) in [6.45, 7) is 2.22. The smallest absolute Gasteiger partial charge is 0.337 e. The molecule has 0 aliphatic rings. The van der Waals surface area contributed by atoms with Gasteiger partial charge in [0.1, 0.15) is 0 Å². The van der Waals surface area contributed by atoms with Gasteiger partial charge in [-0.1, -0.05) is 96.8 Å². The zero-order chi connectivity index (χ0) is 22.1. The highest BCUT2D eigenvalue weighted by Crippen LogP contribution is 2.28. The second kappa shape index (κ2) is 16.2. The maximum absolute atomic E-state index is 11.4. The SMILES string of the molecule is CCCCCCCCCCCCCCCC[C@@H](C(=O)O)[C@@](O)(CC(=O)O)C(=O)O. The standard InChI is InChI=1S/C22H40O7/c1-2-3-4-5-6-7-8-9-10-11-12-13-14-15-16-18(20(25)26)22(29,21(27)28)17-19(23)24/h18,29H,2-17H2,1H3,(H,23,24)(H,25,26)(H,27,28)/t18-,22-/m0/s1. The van der Waals surface area contributed by atoms with E-state index in [0.717, 1.165) is 25.7 Å². The molecule has 0 aromatic rings. The Balaban J connectivity index is 3.92. The highest BCUT2D eigenvalue weighted by atomic mass is 16.4. The van der Waals surface area contributed by atoms with Crippen LogP contribution in [-0.2, 0) is 14.4 Å². The van der Waals surface area contributed by atoms with Gasteiger partial charge in [-0.3, -0.25) is 9.59 Å². The number of aliphatic carboxylic acids is 3. The van der Waals surface area contributed by atoms with E-state index in [2.05, 4.69) is 6.92 Å². The molecule has 0 saturated carbocycles. The fourth-order valence-corrected chi connectivity index (χ4v) is 3.69. The van der Waals surface area contributed by atoms with Gasteiger partial charge in [-0.15, -0.1) is 0 Å². The molecule has 0 aliphatic heterocycles. The fraction of sp³-hybridized carbons (Fsp3) is 0.864. The molecular formula is C22H40O7. The molecule has 7 heteroatoms. The van der Waals surface area contributed by atoms with Crippen molar-refractivity contribution in [1.29, 1.82) is 0 Å². The van der Waals surface area contributed by atoms with Crippen molar-refractivity contribution in [3.63, 3.8) is 0 Å². The molecule has 4 N–H and O–H groups in total. The summed E-state index contributed by atoms with van der Waals surface area (Å²) in [6.07, 6.45) is 14.8. The minimum atomic E-state index is -2.78. The van der Waals surface area contributed by atoms with Gasteiger partial charge in [0.2, 0.25) is 0 Å². The maximum Gasteiger partial charge on any atom is 0.337 e. The number of hydrogen-bond donors (Lipinski definition) is 4. The van der Waals surface area contributed by atoms with E-state index in [1.807, 2.05) is 0 Å². The predicted molar refractivity (Wildman–Crippen MR) is 111 cm³/mol. The van der Waals surface area contributed by atoms with E-state index >= 15 is 0 Å². The molecule has 29 heavy (non-hydrogen) atoms. The summed E-state index contributed by atoms with van der Waals surface area (Å²) in [5, 5.41) is 37.3. The highest BCUT2D eigenvalue weighted by Gasteiger charge is 2.49. The number of carbonyl (C=O) groups is 3. The van der Waals surface area contributed by atoms with Gasteiger partial charge in [0, 0.05) is 0 Å². The Bertz CT molecular complexity index is 478. The van der Waals surface area contributed by atoms with Crippen molar-refractivity contribution in [2.75, 3.05) is 0 Å². The summed E-state index contributed by atoms with van der Waals surface area (Å²) in [6, 6.07) is 0. The number of carboxylic acids is 3. The van der Waals surface area contributed by atoms with E-state index in [0.29, 0.717) is 6.42 Å². The van der Waals surface area contributed by atoms with E-state index in [4.69, 9.17) is 10.2 Å². The lowest BCUT2D eigenvalue weighted by atomic mass is 9.81. The Labute approximate surface area is 174 Å². The lowest BCUT2D eigenvalue weighted by Gasteiger charge is -2.28. The van der Waals surface area contributed by atoms with Crippen LogP contribution in [0.4, 0.5) is 0 Å². The minimum Gasteiger partial charge on any atom is -0.481 e. The third-order valence-electron chi connectivity index (χ3n) is 5.51. The van der Waals surface area contributed by atoms with Crippen LogP contribution in [0.5, 0.6) is 0 Å². The number of unbranched alkanes of at least 4 members (excludes halogenated alkanes) is 13. The van der Waals surface area contributed by atoms with Gasteiger partial charge >= 0.3 is 17.9 Å². The molecule has 170 valence electrons. The molecule has 0 rings (SSSR count). The monoisotopic (exact) mass is 416 g/mol. The molecule has 0 unspecified atom stereocenters. The van der Waals surface area contributed by atoms with Gasteiger partial charge in [0.25, 0.3) is 0 Å². The van der Waals surface area contributed by atoms with E-state index in [9.17, 15) is 24.6 Å². The minimum absolute atomic E-state index is 0.0521. The van der Waals surface area contributed by atoms with E-state index in [-0.39, 0.29) is 6.42 Å². The number of aliphatic hydroxyl groups is 1. The molecule has 2 atom stereocenters. The Kier molecular flexibility index (Phi) is 15.3. The molecule has 0 radical (unpaired) electrons. The van der Waals surface area contributed by atoms with Crippen LogP contribution in [0.25, 0.3) is 0 Å². The van der Waals surface area contributed by atoms with Gasteiger partial charge in [-0.2, -0.15) is 0 Å². The Morgan fingerprint density at radius 3 is 1.38 bits per heavy atom. The topological polar surface area (TPSA) is 132 Å². The lowest BCUT2D eigenvalue weighted by Crippen LogP contribution is -2.50. The summed E-state index contributed by atoms with van der Waals surface area (Å²) >= 11 is 0. The van der Waals surface area contributed by atoms with Gasteiger partial charge < -0.3 is 20.4 Å². The van der Waals surface area contributed by atoms with Crippen LogP contribution in [0.15, 0.2) is 0 Å². The second-order valence-electron chi connectivity index (χ2n) is 8.08. The van der Waals surface area contributed by atoms with Crippen LogP contribution in [0.1, 0.15) is 110 Å². The molecule has 0 aromatic carbocycles. The van der Waals surface area contributed by atoms with Crippen molar-refractivity contribution in [2.24, 2.45) is 5.92 Å². The zero-order valence-corrected chi connectivity index (χ0v) is 17.9. The largest absolute Gasteiger partial charge is 0.481 e. The summed E-state index contributed by atoms with van der Waals surface area (Å²) < 4.78 is 0. The molecular weight excluding hydrogens is 376 g/mol. The van der Waals surface area contributed by atoms with Gasteiger partial charge in [0.05, 0.1) is 12.3 Å². The molecule has 7 nitrogen and oxygen atoms in total. The normalized spacial score (nSPS) is 14.3. The molecule has 0 heterocycles. The quantitative estimate of drug-likeness (QED) is 0.209. The number of hydrogen-bond acceptors (Lipinski definition) is 4. The molecule has 0 fully saturated rings. The second-order valence-corrected chi connectivity index (χ2v) is 8.08. The summed E-state index contributed by atoms with van der Waals surface area (Å²) in [4.78, 5) is 33.5. The van der Waals surface area contributed by atoms with E-state index < -0.39 is 35.8 Å². The molecule has 0 aromatic heterocycles.